The molecule has 8 nitrogen and oxygen atoms in total. The van der Waals surface area contributed by atoms with Gasteiger partial charge in [-0.15, -0.1) is 0 Å². The van der Waals surface area contributed by atoms with Gasteiger partial charge in [-0.1, -0.05) is 24.3 Å². The zero-order valence-electron chi connectivity index (χ0n) is 14.3. The van der Waals surface area contributed by atoms with Gasteiger partial charge in [-0.3, -0.25) is 24.2 Å². The number of nitrogens with zero attached hydrogens (tertiary/aromatic N) is 2. The Balaban J connectivity index is 1.98. The molecule has 1 aliphatic heterocycles. The Hall–Kier alpha value is -2.19. The quantitative estimate of drug-likeness (QED) is 0.565. The van der Waals surface area contributed by atoms with Gasteiger partial charge in [0, 0.05) is 51.7 Å². The van der Waals surface area contributed by atoms with Crippen LogP contribution in [-0.4, -0.2) is 85.0 Å². The number of hydrogen-bond donors (Lipinski definition) is 3. The smallest absolute Gasteiger partial charge is 0.317 e. The Morgan fingerprint density at radius 1 is 1.00 bits per heavy atom. The fourth-order valence-corrected chi connectivity index (χ4v) is 2.91. The number of rotatable bonds is 4. The molecule has 2 aliphatic rings. The molecule has 1 heterocycles. The average Bonchev–Trinajstić information content (AvgIpc) is 3.03. The monoisotopic (exact) mass is 350 g/mol. The molecule has 0 atom stereocenters. The summed E-state index contributed by atoms with van der Waals surface area (Å²) in [6, 6.07) is 0. The lowest BCUT2D eigenvalue weighted by atomic mass is 10.1. The zero-order chi connectivity index (χ0) is 18.1. The van der Waals surface area contributed by atoms with Gasteiger partial charge < -0.3 is 15.7 Å². The molecule has 0 unspecified atom stereocenters. The first kappa shape index (κ1) is 19.1. The molecule has 0 saturated carbocycles. The summed E-state index contributed by atoms with van der Waals surface area (Å²) < 4.78 is 0. The molecular formula is C17H26N4O4. The van der Waals surface area contributed by atoms with Crippen LogP contribution in [0.2, 0.25) is 0 Å². The first-order valence-electron chi connectivity index (χ1n) is 8.58. The highest BCUT2D eigenvalue weighted by atomic mass is 16.4. The lowest BCUT2D eigenvalue weighted by Crippen LogP contribution is -2.43. The van der Waals surface area contributed by atoms with E-state index in [4.69, 9.17) is 5.11 Å². The van der Waals surface area contributed by atoms with Crippen LogP contribution in [0.3, 0.4) is 0 Å². The van der Waals surface area contributed by atoms with Crippen molar-refractivity contribution in [3.63, 3.8) is 0 Å². The minimum Gasteiger partial charge on any atom is -0.480 e. The number of carboxylic acid groups (broad SMARTS) is 1. The van der Waals surface area contributed by atoms with E-state index >= 15 is 0 Å². The molecule has 1 aliphatic carbocycles. The molecule has 8 heteroatoms. The molecule has 138 valence electrons. The summed E-state index contributed by atoms with van der Waals surface area (Å²) in [6.07, 6.45) is 8.07. The van der Waals surface area contributed by atoms with Gasteiger partial charge in [0.2, 0.25) is 11.8 Å². The summed E-state index contributed by atoms with van der Waals surface area (Å²) in [5, 5.41) is 14.5. The summed E-state index contributed by atoms with van der Waals surface area (Å²) in [4.78, 5) is 38.5. The summed E-state index contributed by atoms with van der Waals surface area (Å²) in [7, 11) is 0. The predicted octanol–water partition coefficient (Wildman–Crippen LogP) is -0.947. The third-order valence-corrected chi connectivity index (χ3v) is 4.21. The van der Waals surface area contributed by atoms with Crippen molar-refractivity contribution in [3.05, 3.63) is 24.3 Å². The molecule has 1 fully saturated rings. The summed E-state index contributed by atoms with van der Waals surface area (Å²) in [6.45, 7) is 3.94. The minimum atomic E-state index is -0.888. The largest absolute Gasteiger partial charge is 0.480 e. The maximum absolute atomic E-state index is 11.8. The normalized spacial score (nSPS) is 21.9. The molecule has 2 rings (SSSR count). The Morgan fingerprint density at radius 3 is 2.16 bits per heavy atom. The second-order valence-corrected chi connectivity index (χ2v) is 6.28. The van der Waals surface area contributed by atoms with Crippen LogP contribution in [0.1, 0.15) is 6.42 Å². The van der Waals surface area contributed by atoms with Gasteiger partial charge >= 0.3 is 5.97 Å². The molecule has 0 bridgehead atoms. The van der Waals surface area contributed by atoms with Crippen LogP contribution in [0.4, 0.5) is 0 Å². The lowest BCUT2D eigenvalue weighted by molar-refractivity contribution is -0.138. The molecule has 0 aromatic rings. The standard InChI is InChI=1S/C17H26N4O4/c22-15-11-16(23)19-6-8-21(13-17(24)25)10-9-20(7-5-18-15)12-14-3-1-2-4-14/h1-4,14H,5-13H2,(H,18,22)(H,19,23)(H,24,25). The SMILES string of the molecule is O=C(O)CN1CCNC(=O)CC(=O)NCCN(CC2C=CC=C2)CC1. The van der Waals surface area contributed by atoms with E-state index in [-0.39, 0.29) is 24.8 Å². The van der Waals surface area contributed by atoms with E-state index < -0.39 is 5.97 Å². The van der Waals surface area contributed by atoms with E-state index in [1.807, 2.05) is 17.1 Å². The Labute approximate surface area is 147 Å². The molecule has 0 radical (unpaired) electrons. The second-order valence-electron chi connectivity index (χ2n) is 6.28. The maximum Gasteiger partial charge on any atom is 0.317 e. The van der Waals surface area contributed by atoms with Crippen LogP contribution in [0, 0.1) is 5.92 Å². The number of amides is 2. The number of nitrogens with one attached hydrogen (secondary N) is 2. The van der Waals surface area contributed by atoms with Crippen molar-refractivity contribution in [2.24, 2.45) is 5.92 Å². The molecule has 1 saturated heterocycles. The van der Waals surface area contributed by atoms with Gasteiger partial charge in [0.15, 0.2) is 0 Å². The molecule has 0 spiro atoms. The molecule has 0 aromatic heterocycles. The van der Waals surface area contributed by atoms with Crippen molar-refractivity contribution in [1.82, 2.24) is 20.4 Å². The van der Waals surface area contributed by atoms with Crippen molar-refractivity contribution < 1.29 is 19.5 Å². The fraction of sp³-hybridized carbons (Fsp3) is 0.588. The van der Waals surface area contributed by atoms with E-state index in [2.05, 4.69) is 27.7 Å². The summed E-state index contributed by atoms with van der Waals surface area (Å²) >= 11 is 0. The van der Waals surface area contributed by atoms with E-state index in [1.165, 1.54) is 0 Å². The molecule has 25 heavy (non-hydrogen) atoms. The van der Waals surface area contributed by atoms with Crippen molar-refractivity contribution in [2.75, 3.05) is 52.4 Å². The van der Waals surface area contributed by atoms with Gasteiger partial charge in [-0.05, 0) is 0 Å². The van der Waals surface area contributed by atoms with Crippen LogP contribution in [0.15, 0.2) is 24.3 Å². The highest BCUT2D eigenvalue weighted by molar-refractivity contribution is 5.96. The van der Waals surface area contributed by atoms with Gasteiger partial charge in [0.25, 0.3) is 0 Å². The van der Waals surface area contributed by atoms with Crippen LogP contribution in [0.25, 0.3) is 0 Å². The number of hydrogen-bond acceptors (Lipinski definition) is 5. The Kier molecular flexibility index (Phi) is 7.62. The Morgan fingerprint density at radius 2 is 1.56 bits per heavy atom. The second kappa shape index (κ2) is 9.95. The third-order valence-electron chi connectivity index (χ3n) is 4.21. The van der Waals surface area contributed by atoms with Crippen LogP contribution in [-0.2, 0) is 14.4 Å². The first-order chi connectivity index (χ1) is 12.0. The van der Waals surface area contributed by atoms with Gasteiger partial charge in [-0.25, -0.2) is 0 Å². The van der Waals surface area contributed by atoms with Crippen LogP contribution >= 0.6 is 0 Å². The first-order valence-corrected chi connectivity index (χ1v) is 8.58. The number of carbonyl (C=O) groups excluding carboxylic acids is 2. The minimum absolute atomic E-state index is 0.0654. The zero-order valence-corrected chi connectivity index (χ0v) is 14.3. The fourth-order valence-electron chi connectivity index (χ4n) is 2.91. The average molecular weight is 350 g/mol. The topological polar surface area (TPSA) is 102 Å². The maximum atomic E-state index is 11.8. The van der Waals surface area contributed by atoms with E-state index in [0.29, 0.717) is 45.2 Å². The molecule has 0 aromatic carbocycles. The van der Waals surface area contributed by atoms with Crippen molar-refractivity contribution >= 4 is 17.8 Å². The van der Waals surface area contributed by atoms with E-state index in [0.717, 1.165) is 6.54 Å². The number of carbonyl (C=O) groups is 3. The van der Waals surface area contributed by atoms with E-state index in [9.17, 15) is 14.4 Å². The molecule has 3 N–H and O–H groups in total. The highest BCUT2D eigenvalue weighted by Crippen LogP contribution is 2.10. The molecular weight excluding hydrogens is 324 g/mol. The van der Waals surface area contributed by atoms with Crippen molar-refractivity contribution in [1.29, 1.82) is 0 Å². The number of aliphatic carboxylic acids is 1. The van der Waals surface area contributed by atoms with Crippen LogP contribution < -0.4 is 10.6 Å². The summed E-state index contributed by atoms with van der Waals surface area (Å²) in [5.74, 6) is -1.19. The van der Waals surface area contributed by atoms with Crippen molar-refractivity contribution in [3.8, 4) is 0 Å². The lowest BCUT2D eigenvalue weighted by Gasteiger charge is -2.28. The van der Waals surface area contributed by atoms with Gasteiger partial charge in [0.1, 0.15) is 6.42 Å². The van der Waals surface area contributed by atoms with Gasteiger partial charge in [0.05, 0.1) is 6.54 Å². The Bertz CT molecular complexity index is 535. The highest BCUT2D eigenvalue weighted by Gasteiger charge is 2.17. The third kappa shape index (κ3) is 7.49. The number of allylic oxidation sites excluding steroid dienone is 2. The predicted molar refractivity (Wildman–Crippen MR) is 92.9 cm³/mol. The van der Waals surface area contributed by atoms with Crippen molar-refractivity contribution in [2.45, 2.75) is 6.42 Å². The molecule has 2 amide bonds. The van der Waals surface area contributed by atoms with Gasteiger partial charge in [-0.2, -0.15) is 0 Å². The number of carboxylic acids is 1. The van der Waals surface area contributed by atoms with Crippen LogP contribution in [0.5, 0.6) is 0 Å². The van der Waals surface area contributed by atoms with E-state index in [1.54, 1.807) is 0 Å². The summed E-state index contributed by atoms with van der Waals surface area (Å²) in [5.41, 5.74) is 0.